The minimum Gasteiger partial charge on any atom is -0.344 e. The molecule has 0 bridgehead atoms. The smallest absolute Gasteiger partial charge is 0.344 e. The third-order valence-electron chi connectivity index (χ3n) is 3.43. The molecule has 1 heterocycles. The van der Waals surface area contributed by atoms with E-state index in [-0.39, 0.29) is 0 Å². The predicted molar refractivity (Wildman–Crippen MR) is 83.6 cm³/mol. The SMILES string of the molecule is CP(=O)(O)C(C[n+]1cccc(-c2ccc(F)c(F)c2)c1)P(=O)(O)O. The summed E-state index contributed by atoms with van der Waals surface area (Å²) in [6.45, 7) is 0.489. The van der Waals surface area contributed by atoms with Crippen LogP contribution in [0.2, 0.25) is 0 Å². The van der Waals surface area contributed by atoms with Gasteiger partial charge in [-0.25, -0.2) is 13.3 Å². The average molecular weight is 378 g/mol. The van der Waals surface area contributed by atoms with Crippen LogP contribution in [-0.4, -0.2) is 26.7 Å². The molecule has 0 spiro atoms. The first kappa shape index (κ1) is 18.9. The van der Waals surface area contributed by atoms with Crippen molar-refractivity contribution in [3.05, 3.63) is 54.4 Å². The molecule has 130 valence electrons. The number of aromatic nitrogens is 1. The lowest BCUT2D eigenvalue weighted by molar-refractivity contribution is -0.694. The highest BCUT2D eigenvalue weighted by Crippen LogP contribution is 2.60. The van der Waals surface area contributed by atoms with E-state index < -0.39 is 38.5 Å². The van der Waals surface area contributed by atoms with Gasteiger partial charge in [0.25, 0.3) is 0 Å². The van der Waals surface area contributed by atoms with Crippen molar-refractivity contribution in [3.63, 3.8) is 0 Å². The first-order valence-corrected chi connectivity index (χ1v) is 10.6. The molecule has 0 radical (unpaired) electrons. The fraction of sp³-hybridized carbons (Fsp3) is 0.214. The average Bonchev–Trinajstić information content (AvgIpc) is 2.45. The van der Waals surface area contributed by atoms with Crippen molar-refractivity contribution in [2.45, 2.75) is 11.9 Å². The summed E-state index contributed by atoms with van der Waals surface area (Å²) < 4.78 is 50.9. The van der Waals surface area contributed by atoms with Gasteiger partial charge in [0.15, 0.2) is 36.0 Å². The summed E-state index contributed by atoms with van der Waals surface area (Å²) in [5.41, 5.74) is 0.824. The highest BCUT2D eigenvalue weighted by molar-refractivity contribution is 7.73. The Labute approximate surface area is 137 Å². The molecule has 0 saturated carbocycles. The van der Waals surface area contributed by atoms with Crippen LogP contribution >= 0.6 is 15.0 Å². The summed E-state index contributed by atoms with van der Waals surface area (Å²) in [5.74, 6) is -2.01. The maximum atomic E-state index is 13.3. The summed E-state index contributed by atoms with van der Waals surface area (Å²) >= 11 is 0. The maximum absolute atomic E-state index is 13.3. The molecule has 0 aliphatic rings. The van der Waals surface area contributed by atoms with Crippen LogP contribution in [0.4, 0.5) is 8.78 Å². The van der Waals surface area contributed by atoms with Crippen molar-refractivity contribution < 1.29 is 37.2 Å². The summed E-state index contributed by atoms with van der Waals surface area (Å²) in [7, 11) is -8.87. The molecule has 2 aromatic rings. The van der Waals surface area contributed by atoms with Crippen LogP contribution in [0.1, 0.15) is 0 Å². The zero-order valence-electron chi connectivity index (χ0n) is 12.6. The fourth-order valence-electron chi connectivity index (χ4n) is 2.21. The summed E-state index contributed by atoms with van der Waals surface area (Å²) in [6, 6.07) is 6.45. The number of nitrogens with zero attached hydrogens (tertiary/aromatic N) is 1. The van der Waals surface area contributed by atoms with Gasteiger partial charge in [-0.3, -0.25) is 9.13 Å². The van der Waals surface area contributed by atoms with Crippen molar-refractivity contribution in [1.29, 1.82) is 0 Å². The molecule has 1 aromatic carbocycles. The molecule has 0 aliphatic heterocycles. The molecule has 2 atom stereocenters. The number of halogens is 2. The van der Waals surface area contributed by atoms with E-state index in [2.05, 4.69) is 0 Å². The second kappa shape index (κ2) is 6.82. The third-order valence-corrected chi connectivity index (χ3v) is 7.82. The van der Waals surface area contributed by atoms with Gasteiger partial charge in [-0.05, 0) is 23.8 Å². The minimum atomic E-state index is -4.81. The lowest BCUT2D eigenvalue weighted by Crippen LogP contribution is -2.39. The topological polar surface area (TPSA) is 98.7 Å². The Hall–Kier alpha value is -1.43. The molecule has 2 unspecified atom stereocenters. The van der Waals surface area contributed by atoms with E-state index in [1.807, 2.05) is 0 Å². The Morgan fingerprint density at radius 2 is 1.75 bits per heavy atom. The number of hydrogen-bond donors (Lipinski definition) is 3. The van der Waals surface area contributed by atoms with Gasteiger partial charge in [0.05, 0.1) is 0 Å². The first-order chi connectivity index (χ1) is 11.0. The molecular formula is C14H16F2NO5P2+. The normalized spacial score (nSPS) is 15.8. The second-order valence-corrected chi connectivity index (χ2v) is 10.2. The molecule has 0 saturated heterocycles. The minimum absolute atomic E-state index is 0.361. The second-order valence-electron chi connectivity index (χ2n) is 5.43. The van der Waals surface area contributed by atoms with E-state index in [1.54, 1.807) is 6.07 Å². The van der Waals surface area contributed by atoms with Crippen LogP contribution in [-0.2, 0) is 15.7 Å². The Morgan fingerprint density at radius 3 is 2.29 bits per heavy atom. The molecular weight excluding hydrogens is 362 g/mol. The standard InChI is InChI=1S/C14H15F2NO5P2/c1-23(18,19)14(24(20,21)22)9-17-6-2-3-11(8-17)10-4-5-12(15)13(16)7-10/h2-8,14H,9H2,1H3,(H2-,18,19,20,21,22)/p+1. The van der Waals surface area contributed by atoms with E-state index in [1.165, 1.54) is 29.1 Å². The van der Waals surface area contributed by atoms with Crippen molar-refractivity contribution in [1.82, 2.24) is 0 Å². The van der Waals surface area contributed by atoms with Gasteiger partial charge in [-0.15, -0.1) is 0 Å². The number of rotatable bonds is 5. The molecule has 6 nitrogen and oxygen atoms in total. The Morgan fingerprint density at radius 1 is 1.08 bits per heavy atom. The molecule has 10 heteroatoms. The van der Waals surface area contributed by atoms with Crippen LogP contribution in [0, 0.1) is 11.6 Å². The summed E-state index contributed by atoms with van der Waals surface area (Å²) in [6.07, 6.45) is 2.90. The van der Waals surface area contributed by atoms with E-state index in [9.17, 15) is 32.6 Å². The van der Waals surface area contributed by atoms with Crippen LogP contribution in [0.5, 0.6) is 0 Å². The van der Waals surface area contributed by atoms with Crippen LogP contribution in [0.15, 0.2) is 42.7 Å². The quantitative estimate of drug-likeness (QED) is 0.548. The monoisotopic (exact) mass is 378 g/mol. The molecule has 2 rings (SSSR count). The molecule has 24 heavy (non-hydrogen) atoms. The van der Waals surface area contributed by atoms with E-state index in [0.717, 1.165) is 18.8 Å². The van der Waals surface area contributed by atoms with Crippen molar-refractivity contribution >= 4 is 15.0 Å². The number of hydrogen-bond acceptors (Lipinski definition) is 2. The molecule has 0 aliphatic carbocycles. The van der Waals surface area contributed by atoms with Gasteiger partial charge in [0, 0.05) is 18.3 Å². The van der Waals surface area contributed by atoms with Gasteiger partial charge in [-0.1, -0.05) is 6.07 Å². The third kappa shape index (κ3) is 4.56. The fourth-order valence-corrected chi connectivity index (χ4v) is 5.33. The van der Waals surface area contributed by atoms with Gasteiger partial charge in [0.2, 0.25) is 7.37 Å². The largest absolute Gasteiger partial charge is 0.344 e. The molecule has 0 amide bonds. The van der Waals surface area contributed by atoms with Crippen molar-refractivity contribution in [2.75, 3.05) is 6.66 Å². The summed E-state index contributed by atoms with van der Waals surface area (Å²) in [5, 5.41) is -1.75. The number of benzene rings is 1. The van der Waals surface area contributed by atoms with Gasteiger partial charge >= 0.3 is 7.60 Å². The van der Waals surface area contributed by atoms with E-state index in [0.29, 0.717) is 11.1 Å². The Balaban J connectivity index is 2.38. The Kier molecular flexibility index (Phi) is 5.37. The van der Waals surface area contributed by atoms with Crippen LogP contribution in [0.3, 0.4) is 0 Å². The molecule has 1 aromatic heterocycles. The molecule has 3 N–H and O–H groups in total. The van der Waals surface area contributed by atoms with Crippen LogP contribution in [0.25, 0.3) is 11.1 Å². The summed E-state index contributed by atoms with van der Waals surface area (Å²) in [4.78, 5) is 28.2. The lowest BCUT2D eigenvalue weighted by Gasteiger charge is -2.18. The lowest BCUT2D eigenvalue weighted by atomic mass is 10.1. The van der Waals surface area contributed by atoms with Crippen LogP contribution < -0.4 is 4.57 Å². The maximum Gasteiger partial charge on any atom is 0.344 e. The van der Waals surface area contributed by atoms with Gasteiger partial charge in [0.1, 0.15) is 0 Å². The van der Waals surface area contributed by atoms with Gasteiger partial charge in [-0.2, -0.15) is 0 Å². The zero-order valence-corrected chi connectivity index (χ0v) is 14.4. The predicted octanol–water partition coefficient (Wildman–Crippen LogP) is 2.32. The highest BCUT2D eigenvalue weighted by atomic mass is 31.2. The van der Waals surface area contributed by atoms with Gasteiger partial charge < -0.3 is 14.7 Å². The van der Waals surface area contributed by atoms with Crippen molar-refractivity contribution in [3.8, 4) is 11.1 Å². The highest BCUT2D eigenvalue weighted by Gasteiger charge is 2.43. The Bertz CT molecular complexity index is 827. The van der Waals surface area contributed by atoms with E-state index >= 15 is 0 Å². The first-order valence-electron chi connectivity index (χ1n) is 6.78. The van der Waals surface area contributed by atoms with Crippen molar-refractivity contribution in [2.24, 2.45) is 0 Å². The van der Waals surface area contributed by atoms with E-state index in [4.69, 9.17) is 0 Å². The zero-order chi connectivity index (χ0) is 18.1. The molecule has 0 fully saturated rings. The number of pyridine rings is 1.